The molecule has 0 bridgehead atoms. The number of nitrogens with zero attached hydrogens (tertiary/aromatic N) is 3. The van der Waals surface area contributed by atoms with Crippen LogP contribution in [0.3, 0.4) is 0 Å². The lowest BCUT2D eigenvalue weighted by Crippen LogP contribution is -2.27. The first-order valence-corrected chi connectivity index (χ1v) is 8.10. The first kappa shape index (κ1) is 15.1. The third-order valence-corrected chi connectivity index (χ3v) is 4.78. The normalized spacial score (nSPS) is 21.8. The largest absolute Gasteiger partial charge is 0.365 e. The average molecular weight is 294 g/mol. The molecule has 2 atom stereocenters. The number of aromatic nitrogens is 2. The van der Waals surface area contributed by atoms with E-state index in [1.165, 1.54) is 24.2 Å². The first-order chi connectivity index (χ1) is 9.61. The van der Waals surface area contributed by atoms with Crippen LogP contribution in [0.4, 0.5) is 5.82 Å². The van der Waals surface area contributed by atoms with Crippen LogP contribution in [0.1, 0.15) is 36.7 Å². The maximum Gasteiger partial charge on any atom is 0.273 e. The van der Waals surface area contributed by atoms with Crippen molar-refractivity contribution in [2.45, 2.75) is 37.5 Å². The second kappa shape index (κ2) is 6.92. The predicted octanol–water partition coefficient (Wildman–Crippen LogP) is 2.26. The summed E-state index contributed by atoms with van der Waals surface area (Å²) < 4.78 is 0. The molecule has 1 N–H and O–H groups in total. The van der Waals surface area contributed by atoms with Crippen LogP contribution in [0.15, 0.2) is 12.1 Å². The van der Waals surface area contributed by atoms with E-state index in [1.807, 2.05) is 17.8 Å². The van der Waals surface area contributed by atoms with Gasteiger partial charge in [-0.05, 0) is 30.7 Å². The zero-order chi connectivity index (χ0) is 14.5. The molecule has 0 spiro atoms. The van der Waals surface area contributed by atoms with E-state index in [4.69, 9.17) is 0 Å². The molecule has 1 aromatic rings. The summed E-state index contributed by atoms with van der Waals surface area (Å²) in [6, 6.07) is 4.04. The van der Waals surface area contributed by atoms with Crippen molar-refractivity contribution < 1.29 is 4.79 Å². The summed E-state index contributed by atoms with van der Waals surface area (Å²) in [4.78, 5) is 13.2. The average Bonchev–Trinajstić information content (AvgIpc) is 2.86. The molecule has 0 aromatic carbocycles. The highest BCUT2D eigenvalue weighted by Gasteiger charge is 2.27. The molecule has 20 heavy (non-hydrogen) atoms. The molecule has 0 saturated heterocycles. The molecule has 5 nitrogen and oxygen atoms in total. The van der Waals surface area contributed by atoms with E-state index in [0.29, 0.717) is 17.0 Å². The van der Waals surface area contributed by atoms with Crippen molar-refractivity contribution in [1.82, 2.24) is 15.1 Å². The quantitative estimate of drug-likeness (QED) is 0.902. The van der Waals surface area contributed by atoms with Crippen LogP contribution in [-0.2, 0) is 0 Å². The fraction of sp³-hybridized carbons (Fsp3) is 0.643. The van der Waals surface area contributed by atoms with E-state index in [0.717, 1.165) is 11.6 Å². The van der Waals surface area contributed by atoms with Gasteiger partial charge < -0.3 is 10.2 Å². The fourth-order valence-electron chi connectivity index (χ4n) is 2.45. The van der Waals surface area contributed by atoms with Gasteiger partial charge in [0.1, 0.15) is 5.82 Å². The van der Waals surface area contributed by atoms with Crippen molar-refractivity contribution in [1.29, 1.82) is 0 Å². The van der Waals surface area contributed by atoms with Gasteiger partial charge in [0.15, 0.2) is 5.69 Å². The second-order valence-electron chi connectivity index (χ2n) is 5.18. The minimum absolute atomic E-state index is 0.121. The number of rotatable bonds is 5. The van der Waals surface area contributed by atoms with Gasteiger partial charge in [0.05, 0.1) is 0 Å². The number of hydrogen-bond donors (Lipinski definition) is 1. The summed E-state index contributed by atoms with van der Waals surface area (Å²) in [5.41, 5.74) is 0.381. The maximum atomic E-state index is 11.7. The lowest BCUT2D eigenvalue weighted by Gasteiger charge is -2.20. The first-order valence-electron chi connectivity index (χ1n) is 7.05. The Bertz CT molecular complexity index is 449. The molecule has 110 valence electrons. The SMILES string of the molecule is CCSC1CCCC1Nc1ccc(C(=O)N(C)C)nn1. The molecular weight excluding hydrogens is 272 g/mol. The van der Waals surface area contributed by atoms with E-state index >= 15 is 0 Å². The summed E-state index contributed by atoms with van der Waals surface area (Å²) in [5.74, 6) is 1.78. The molecule has 1 amide bonds. The molecule has 1 aromatic heterocycles. The molecule has 1 heterocycles. The van der Waals surface area contributed by atoms with Gasteiger partial charge >= 0.3 is 0 Å². The van der Waals surface area contributed by atoms with Crippen LogP contribution in [0, 0.1) is 0 Å². The highest BCUT2D eigenvalue weighted by atomic mass is 32.2. The molecule has 2 rings (SSSR count). The van der Waals surface area contributed by atoms with Gasteiger partial charge in [0, 0.05) is 25.4 Å². The predicted molar refractivity (Wildman–Crippen MR) is 83.2 cm³/mol. The van der Waals surface area contributed by atoms with Crippen molar-refractivity contribution in [2.75, 3.05) is 25.2 Å². The summed E-state index contributed by atoms with van der Waals surface area (Å²) in [5, 5.41) is 12.2. The van der Waals surface area contributed by atoms with Crippen LogP contribution >= 0.6 is 11.8 Å². The van der Waals surface area contributed by atoms with Crippen molar-refractivity contribution in [2.24, 2.45) is 0 Å². The van der Waals surface area contributed by atoms with Crippen LogP contribution in [-0.4, -0.2) is 52.1 Å². The fourth-order valence-corrected chi connectivity index (χ4v) is 3.64. The third-order valence-electron chi connectivity index (χ3n) is 3.46. The minimum Gasteiger partial charge on any atom is -0.365 e. The second-order valence-corrected chi connectivity index (χ2v) is 6.70. The Morgan fingerprint density at radius 1 is 1.40 bits per heavy atom. The van der Waals surface area contributed by atoms with E-state index in [9.17, 15) is 4.79 Å². The van der Waals surface area contributed by atoms with Crippen LogP contribution < -0.4 is 5.32 Å². The van der Waals surface area contributed by atoms with Gasteiger partial charge in [0.2, 0.25) is 0 Å². The van der Waals surface area contributed by atoms with E-state index in [-0.39, 0.29) is 5.91 Å². The lowest BCUT2D eigenvalue weighted by molar-refractivity contribution is 0.0821. The maximum absolute atomic E-state index is 11.7. The number of hydrogen-bond acceptors (Lipinski definition) is 5. The molecule has 1 saturated carbocycles. The molecule has 1 aliphatic carbocycles. The zero-order valence-corrected chi connectivity index (χ0v) is 13.1. The Labute approximate surface area is 124 Å². The Balaban J connectivity index is 1.98. The highest BCUT2D eigenvalue weighted by molar-refractivity contribution is 7.99. The molecule has 6 heteroatoms. The summed E-state index contributed by atoms with van der Waals surface area (Å²) >= 11 is 2.01. The van der Waals surface area contributed by atoms with Crippen molar-refractivity contribution >= 4 is 23.5 Å². The minimum atomic E-state index is -0.121. The third kappa shape index (κ3) is 3.62. The van der Waals surface area contributed by atoms with Crippen LogP contribution in [0.25, 0.3) is 0 Å². The standard InChI is InChI=1S/C14H22N4OS/c1-4-20-12-7-5-6-10(12)15-13-9-8-11(16-17-13)14(19)18(2)3/h8-10,12H,4-7H2,1-3H3,(H,15,17). The number of anilines is 1. The van der Waals surface area contributed by atoms with Gasteiger partial charge in [-0.1, -0.05) is 13.3 Å². The molecule has 0 radical (unpaired) electrons. The molecule has 0 aliphatic heterocycles. The van der Waals surface area contributed by atoms with Gasteiger partial charge in [-0.3, -0.25) is 4.79 Å². The molecular formula is C14H22N4OS. The smallest absolute Gasteiger partial charge is 0.273 e. The monoisotopic (exact) mass is 294 g/mol. The number of nitrogens with one attached hydrogen (secondary N) is 1. The highest BCUT2D eigenvalue weighted by Crippen LogP contribution is 2.31. The summed E-state index contributed by atoms with van der Waals surface area (Å²) in [6.45, 7) is 2.20. The van der Waals surface area contributed by atoms with Crippen molar-refractivity contribution in [3.8, 4) is 0 Å². The van der Waals surface area contributed by atoms with E-state index < -0.39 is 0 Å². The summed E-state index contributed by atoms with van der Waals surface area (Å²) in [7, 11) is 3.42. The summed E-state index contributed by atoms with van der Waals surface area (Å²) in [6.07, 6.45) is 3.71. The zero-order valence-electron chi connectivity index (χ0n) is 12.3. The van der Waals surface area contributed by atoms with Gasteiger partial charge in [-0.25, -0.2) is 0 Å². The molecule has 1 aliphatic rings. The Kier molecular flexibility index (Phi) is 5.23. The Morgan fingerprint density at radius 3 is 2.80 bits per heavy atom. The van der Waals surface area contributed by atoms with Crippen molar-refractivity contribution in [3.05, 3.63) is 17.8 Å². The van der Waals surface area contributed by atoms with Gasteiger partial charge in [-0.2, -0.15) is 11.8 Å². The van der Waals surface area contributed by atoms with Gasteiger partial charge in [-0.15, -0.1) is 10.2 Å². The van der Waals surface area contributed by atoms with E-state index in [2.05, 4.69) is 22.4 Å². The lowest BCUT2D eigenvalue weighted by atomic mass is 10.2. The van der Waals surface area contributed by atoms with Crippen molar-refractivity contribution in [3.63, 3.8) is 0 Å². The van der Waals surface area contributed by atoms with Gasteiger partial charge in [0.25, 0.3) is 5.91 Å². The van der Waals surface area contributed by atoms with E-state index in [1.54, 1.807) is 20.2 Å². The number of carbonyl (C=O) groups is 1. The topological polar surface area (TPSA) is 58.1 Å². The number of carbonyl (C=O) groups excluding carboxylic acids is 1. The molecule has 1 fully saturated rings. The number of amides is 1. The Morgan fingerprint density at radius 2 is 2.20 bits per heavy atom. The van der Waals surface area contributed by atoms with Crippen LogP contribution in [0.5, 0.6) is 0 Å². The number of thioether (sulfide) groups is 1. The Hall–Kier alpha value is -1.30. The van der Waals surface area contributed by atoms with Crippen LogP contribution in [0.2, 0.25) is 0 Å². The molecule has 2 unspecified atom stereocenters.